The molecule has 130 valence electrons. The topological polar surface area (TPSA) is 85.8 Å². The van der Waals surface area contributed by atoms with Gasteiger partial charge in [0.2, 0.25) is 11.1 Å². The van der Waals surface area contributed by atoms with E-state index in [0.29, 0.717) is 5.16 Å². The average Bonchev–Trinajstić information content (AvgIpc) is 3.25. The molecule has 0 bridgehead atoms. The molecule has 8 heteroatoms. The summed E-state index contributed by atoms with van der Waals surface area (Å²) in [7, 11) is 0. The molecule has 0 radical (unpaired) electrons. The molecule has 1 amide bonds. The minimum absolute atomic E-state index is 0.107. The van der Waals surface area contributed by atoms with Gasteiger partial charge in [-0.1, -0.05) is 30.0 Å². The molecule has 0 spiro atoms. The van der Waals surface area contributed by atoms with Gasteiger partial charge in [0, 0.05) is 0 Å². The second-order valence-electron chi connectivity index (χ2n) is 5.71. The molecule has 2 aromatic heterocycles. The van der Waals surface area contributed by atoms with Crippen molar-refractivity contribution in [3.63, 3.8) is 0 Å². The highest BCUT2D eigenvalue weighted by atomic mass is 32.2. The van der Waals surface area contributed by atoms with Crippen LogP contribution in [-0.4, -0.2) is 31.9 Å². The van der Waals surface area contributed by atoms with Gasteiger partial charge in [-0.25, -0.2) is 0 Å². The summed E-state index contributed by atoms with van der Waals surface area (Å²) in [5.41, 5.74) is 3.09. The van der Waals surface area contributed by atoms with E-state index in [0.717, 1.165) is 22.6 Å². The molecule has 0 aliphatic carbocycles. The van der Waals surface area contributed by atoms with Crippen molar-refractivity contribution in [1.82, 2.24) is 25.5 Å². The fourth-order valence-electron chi connectivity index (χ4n) is 2.57. The first-order valence-electron chi connectivity index (χ1n) is 7.87. The fraction of sp³-hybridized carbons (Fsp3) is 0.294. The number of aryl methyl sites for hydroxylation is 2. The van der Waals surface area contributed by atoms with Gasteiger partial charge in [-0.3, -0.25) is 4.79 Å². The summed E-state index contributed by atoms with van der Waals surface area (Å²) in [4.78, 5) is 12.2. The lowest BCUT2D eigenvalue weighted by molar-refractivity contribution is -0.119. The van der Waals surface area contributed by atoms with Crippen LogP contribution in [-0.2, 0) is 4.79 Å². The molecule has 2 heterocycles. The smallest absolute Gasteiger partial charge is 0.231 e. The Hall–Kier alpha value is -2.61. The van der Waals surface area contributed by atoms with Crippen molar-refractivity contribution in [2.45, 2.75) is 32.0 Å². The van der Waals surface area contributed by atoms with Crippen LogP contribution in [0.4, 0.5) is 0 Å². The molecule has 0 unspecified atom stereocenters. The molecule has 1 aromatic carbocycles. The second kappa shape index (κ2) is 7.52. The summed E-state index contributed by atoms with van der Waals surface area (Å²) in [6.45, 7) is 5.90. The number of benzene rings is 1. The number of thioether (sulfide) groups is 1. The zero-order valence-corrected chi connectivity index (χ0v) is 15.1. The summed E-state index contributed by atoms with van der Waals surface area (Å²) in [6, 6.07) is 9.46. The summed E-state index contributed by atoms with van der Waals surface area (Å²) in [5, 5.41) is 15.4. The second-order valence-corrected chi connectivity index (χ2v) is 6.65. The van der Waals surface area contributed by atoms with Crippen LogP contribution in [0.15, 0.2) is 46.2 Å². The first-order chi connectivity index (χ1) is 12.1. The summed E-state index contributed by atoms with van der Waals surface area (Å²) in [6.07, 6.45) is 1.59. The summed E-state index contributed by atoms with van der Waals surface area (Å²) in [5.74, 6) is 0.833. The monoisotopic (exact) mass is 357 g/mol. The van der Waals surface area contributed by atoms with Crippen LogP contribution in [0.25, 0.3) is 5.69 Å². The number of carbonyl (C=O) groups excluding carboxylic acids is 1. The van der Waals surface area contributed by atoms with Crippen molar-refractivity contribution in [1.29, 1.82) is 0 Å². The number of aromatic nitrogens is 4. The lowest BCUT2D eigenvalue weighted by Crippen LogP contribution is -2.28. The maximum atomic E-state index is 12.2. The third kappa shape index (κ3) is 3.90. The highest BCUT2D eigenvalue weighted by Crippen LogP contribution is 2.23. The molecule has 1 N–H and O–H groups in total. The number of carbonyl (C=O) groups is 1. The molecule has 0 saturated carbocycles. The Morgan fingerprint density at radius 3 is 2.72 bits per heavy atom. The Balaban J connectivity index is 1.67. The standard InChI is InChI=1S/C17H19N5O2S/c1-11-6-4-7-12(2)16(11)22-17(19-20-21-22)25-10-15(23)18-13(3)14-8-5-9-24-14/h4-9,13H,10H2,1-3H3,(H,18,23)/t13-/m0/s1. The van der Waals surface area contributed by atoms with E-state index in [-0.39, 0.29) is 17.7 Å². The molecule has 0 fully saturated rings. The Labute approximate surface area is 149 Å². The van der Waals surface area contributed by atoms with Gasteiger partial charge in [-0.2, -0.15) is 4.68 Å². The number of nitrogens with one attached hydrogen (secondary N) is 1. The number of furan rings is 1. The number of tetrazole rings is 1. The maximum absolute atomic E-state index is 12.2. The van der Waals surface area contributed by atoms with Gasteiger partial charge in [0.15, 0.2) is 0 Å². The van der Waals surface area contributed by atoms with Gasteiger partial charge < -0.3 is 9.73 Å². The Morgan fingerprint density at radius 2 is 2.04 bits per heavy atom. The van der Waals surface area contributed by atoms with Gasteiger partial charge in [-0.15, -0.1) is 5.10 Å². The number of para-hydroxylation sites is 1. The number of hydrogen-bond acceptors (Lipinski definition) is 6. The first kappa shape index (κ1) is 17.2. The van der Waals surface area contributed by atoms with E-state index in [2.05, 4.69) is 20.8 Å². The molecule has 1 atom stereocenters. The Bertz CT molecular complexity index is 840. The molecule has 3 rings (SSSR count). The lowest BCUT2D eigenvalue weighted by atomic mass is 10.1. The van der Waals surface area contributed by atoms with Crippen molar-refractivity contribution in [3.8, 4) is 5.69 Å². The number of rotatable bonds is 6. The molecular formula is C17H19N5O2S. The quantitative estimate of drug-likeness (QED) is 0.683. The predicted molar refractivity (Wildman–Crippen MR) is 94.6 cm³/mol. The van der Waals surface area contributed by atoms with Crippen LogP contribution < -0.4 is 5.32 Å². The molecular weight excluding hydrogens is 338 g/mol. The average molecular weight is 357 g/mol. The molecule has 0 aliphatic heterocycles. The largest absolute Gasteiger partial charge is 0.467 e. The maximum Gasteiger partial charge on any atom is 0.231 e. The van der Waals surface area contributed by atoms with E-state index in [1.807, 2.05) is 45.0 Å². The van der Waals surface area contributed by atoms with Crippen LogP contribution in [0, 0.1) is 13.8 Å². The normalized spacial score (nSPS) is 12.1. The third-order valence-electron chi connectivity index (χ3n) is 3.77. The number of hydrogen-bond donors (Lipinski definition) is 1. The van der Waals surface area contributed by atoms with Crippen LogP contribution in [0.2, 0.25) is 0 Å². The van der Waals surface area contributed by atoms with Crippen molar-refractivity contribution < 1.29 is 9.21 Å². The SMILES string of the molecule is Cc1cccc(C)c1-n1nnnc1SCC(=O)N[C@@H](C)c1ccco1. The minimum atomic E-state index is -0.183. The van der Waals surface area contributed by atoms with Gasteiger partial charge in [0.1, 0.15) is 5.76 Å². The van der Waals surface area contributed by atoms with Gasteiger partial charge in [0.25, 0.3) is 0 Å². The van der Waals surface area contributed by atoms with E-state index in [1.165, 1.54) is 11.8 Å². The molecule has 0 aliphatic rings. The van der Waals surface area contributed by atoms with E-state index in [1.54, 1.807) is 17.0 Å². The summed E-state index contributed by atoms with van der Waals surface area (Å²) < 4.78 is 6.97. The number of amides is 1. The van der Waals surface area contributed by atoms with Crippen LogP contribution in [0.3, 0.4) is 0 Å². The minimum Gasteiger partial charge on any atom is -0.467 e. The Morgan fingerprint density at radius 1 is 1.28 bits per heavy atom. The van der Waals surface area contributed by atoms with Crippen molar-refractivity contribution in [3.05, 3.63) is 53.5 Å². The first-order valence-corrected chi connectivity index (χ1v) is 8.85. The van der Waals surface area contributed by atoms with E-state index in [9.17, 15) is 4.79 Å². The molecule has 3 aromatic rings. The zero-order valence-electron chi connectivity index (χ0n) is 14.3. The van der Waals surface area contributed by atoms with E-state index < -0.39 is 0 Å². The highest BCUT2D eigenvalue weighted by Gasteiger charge is 2.16. The van der Waals surface area contributed by atoms with E-state index >= 15 is 0 Å². The van der Waals surface area contributed by atoms with Gasteiger partial charge in [-0.05, 0) is 54.5 Å². The third-order valence-corrected chi connectivity index (χ3v) is 4.69. The van der Waals surface area contributed by atoms with Crippen LogP contribution >= 0.6 is 11.8 Å². The molecule has 25 heavy (non-hydrogen) atoms. The Kier molecular flexibility index (Phi) is 5.18. The van der Waals surface area contributed by atoms with Crippen molar-refractivity contribution >= 4 is 17.7 Å². The molecule has 7 nitrogen and oxygen atoms in total. The highest BCUT2D eigenvalue weighted by molar-refractivity contribution is 7.99. The van der Waals surface area contributed by atoms with E-state index in [4.69, 9.17) is 4.42 Å². The predicted octanol–water partition coefficient (Wildman–Crippen LogP) is 2.84. The lowest BCUT2D eigenvalue weighted by Gasteiger charge is -2.12. The van der Waals surface area contributed by atoms with Crippen molar-refractivity contribution in [2.75, 3.05) is 5.75 Å². The molecule has 0 saturated heterocycles. The summed E-state index contributed by atoms with van der Waals surface area (Å²) >= 11 is 1.30. The van der Waals surface area contributed by atoms with Crippen LogP contribution in [0.1, 0.15) is 29.9 Å². The number of nitrogens with zero attached hydrogens (tertiary/aromatic N) is 4. The zero-order chi connectivity index (χ0) is 17.8. The van der Waals surface area contributed by atoms with Crippen LogP contribution in [0.5, 0.6) is 0 Å². The van der Waals surface area contributed by atoms with Crippen molar-refractivity contribution in [2.24, 2.45) is 0 Å². The fourth-order valence-corrected chi connectivity index (χ4v) is 3.26. The van der Waals surface area contributed by atoms with Gasteiger partial charge in [0.05, 0.1) is 23.7 Å². The van der Waals surface area contributed by atoms with Gasteiger partial charge >= 0.3 is 0 Å².